The number of hydrogen-bond acceptors (Lipinski definition) is 5. The zero-order valence-corrected chi connectivity index (χ0v) is 15.0. The summed E-state index contributed by atoms with van der Waals surface area (Å²) in [6, 6.07) is 12.2. The fraction of sp³-hybridized carbons (Fsp3) is 0.211. The minimum absolute atomic E-state index is 0.133. The molecule has 0 saturated heterocycles. The van der Waals surface area contributed by atoms with Gasteiger partial charge in [-0.15, -0.1) is 0 Å². The molecule has 5 nitrogen and oxygen atoms in total. The van der Waals surface area contributed by atoms with Gasteiger partial charge in [0.05, 0.1) is 23.7 Å². The van der Waals surface area contributed by atoms with Gasteiger partial charge in [0.15, 0.2) is 0 Å². The summed E-state index contributed by atoms with van der Waals surface area (Å²) in [7, 11) is 0. The molecule has 0 aliphatic carbocycles. The molecule has 156 valence electrons. The molecule has 0 spiro atoms. The third-order valence-electron chi connectivity index (χ3n) is 3.99. The Morgan fingerprint density at radius 2 is 1.70 bits per heavy atom. The maximum atomic E-state index is 13.2. The van der Waals surface area contributed by atoms with Gasteiger partial charge in [-0.1, -0.05) is 35.5 Å². The van der Waals surface area contributed by atoms with E-state index in [1.165, 1.54) is 6.07 Å². The normalized spacial score (nSPS) is 11.9. The Morgan fingerprint density at radius 3 is 2.30 bits per heavy atom. The molecule has 11 heteroatoms. The number of nitriles is 1. The molecule has 0 amide bonds. The van der Waals surface area contributed by atoms with Gasteiger partial charge in [-0.05, 0) is 18.2 Å². The smallest absolute Gasteiger partial charge is 0.353 e. The highest BCUT2D eigenvalue weighted by Gasteiger charge is 2.36. The minimum Gasteiger partial charge on any atom is -0.353 e. The molecule has 1 aromatic heterocycles. The van der Waals surface area contributed by atoms with E-state index in [0.29, 0.717) is 16.5 Å². The van der Waals surface area contributed by atoms with E-state index in [-0.39, 0.29) is 11.7 Å². The molecule has 1 heterocycles. The van der Waals surface area contributed by atoms with Crippen molar-refractivity contribution in [3.05, 3.63) is 65.5 Å². The van der Waals surface area contributed by atoms with Crippen molar-refractivity contribution in [2.75, 3.05) is 11.4 Å². The lowest BCUT2D eigenvalue weighted by Gasteiger charge is -2.25. The highest BCUT2D eigenvalue weighted by Crippen LogP contribution is 2.35. The standard InChI is InChI=1S/C19H12F6N4O/c20-18(21,22)11-29(14-7-6-13(9-26)15(8-14)19(23,24)25)10-16-27-17(28-30-16)12-4-2-1-3-5-12/h1-8H,10-11H2. The van der Waals surface area contributed by atoms with Crippen LogP contribution in [0.3, 0.4) is 0 Å². The van der Waals surface area contributed by atoms with Gasteiger partial charge >= 0.3 is 12.4 Å². The Bertz CT molecular complexity index is 1050. The van der Waals surface area contributed by atoms with Crippen molar-refractivity contribution in [1.82, 2.24) is 10.1 Å². The van der Waals surface area contributed by atoms with Gasteiger partial charge in [-0.2, -0.15) is 36.6 Å². The van der Waals surface area contributed by atoms with Gasteiger partial charge < -0.3 is 9.42 Å². The van der Waals surface area contributed by atoms with Gasteiger partial charge in [-0.25, -0.2) is 0 Å². The van der Waals surface area contributed by atoms with E-state index >= 15 is 0 Å². The molecule has 0 N–H and O–H groups in total. The maximum Gasteiger partial charge on any atom is 0.417 e. The fourth-order valence-electron chi connectivity index (χ4n) is 2.70. The number of halogens is 6. The van der Waals surface area contributed by atoms with E-state index in [0.717, 1.165) is 12.1 Å². The third-order valence-corrected chi connectivity index (χ3v) is 3.99. The molecular weight excluding hydrogens is 414 g/mol. The second-order valence-electron chi connectivity index (χ2n) is 6.19. The zero-order valence-electron chi connectivity index (χ0n) is 15.0. The monoisotopic (exact) mass is 426 g/mol. The van der Waals surface area contributed by atoms with E-state index in [2.05, 4.69) is 10.1 Å². The van der Waals surface area contributed by atoms with Crippen molar-refractivity contribution in [2.45, 2.75) is 18.9 Å². The highest BCUT2D eigenvalue weighted by molar-refractivity contribution is 5.56. The molecule has 2 aromatic carbocycles. The molecule has 3 rings (SSSR count). The Balaban J connectivity index is 1.95. The first kappa shape index (κ1) is 21.2. The summed E-state index contributed by atoms with van der Waals surface area (Å²) in [6.45, 7) is -2.14. The van der Waals surface area contributed by atoms with Crippen LogP contribution in [0, 0.1) is 11.3 Å². The molecule has 30 heavy (non-hydrogen) atoms. The number of benzene rings is 2. The molecule has 0 fully saturated rings. The van der Waals surface area contributed by atoms with E-state index in [4.69, 9.17) is 9.78 Å². The Hall–Kier alpha value is -3.55. The summed E-state index contributed by atoms with van der Waals surface area (Å²) in [4.78, 5) is 4.64. The second kappa shape index (κ2) is 8.06. The van der Waals surface area contributed by atoms with Crippen molar-refractivity contribution in [2.24, 2.45) is 0 Å². The first-order chi connectivity index (χ1) is 14.1. The second-order valence-corrected chi connectivity index (χ2v) is 6.19. The molecule has 0 bridgehead atoms. The quantitative estimate of drug-likeness (QED) is 0.525. The van der Waals surface area contributed by atoms with E-state index < -0.39 is 42.3 Å². The van der Waals surface area contributed by atoms with E-state index in [1.807, 2.05) is 0 Å². The third kappa shape index (κ3) is 5.08. The molecule has 0 aliphatic rings. The van der Waals surface area contributed by atoms with Crippen LogP contribution >= 0.6 is 0 Å². The number of hydrogen-bond donors (Lipinski definition) is 0. The van der Waals surface area contributed by atoms with Crippen LogP contribution in [-0.4, -0.2) is 22.9 Å². The number of rotatable bonds is 5. The average molecular weight is 426 g/mol. The Labute approximate surface area is 166 Å². The maximum absolute atomic E-state index is 13.2. The molecule has 0 aliphatic heterocycles. The van der Waals surface area contributed by atoms with Gasteiger partial charge in [0, 0.05) is 11.3 Å². The van der Waals surface area contributed by atoms with Crippen LogP contribution in [0.15, 0.2) is 53.1 Å². The molecular formula is C19H12F6N4O. The summed E-state index contributed by atoms with van der Waals surface area (Å²) in [5, 5.41) is 12.6. The number of alkyl halides is 6. The van der Waals surface area contributed by atoms with Crippen LogP contribution in [0.1, 0.15) is 17.0 Å². The van der Waals surface area contributed by atoms with E-state index in [1.54, 1.807) is 30.3 Å². The van der Waals surface area contributed by atoms with Gasteiger partial charge in [0.1, 0.15) is 6.54 Å². The van der Waals surface area contributed by atoms with Crippen LogP contribution in [-0.2, 0) is 12.7 Å². The van der Waals surface area contributed by atoms with Crippen molar-refractivity contribution in [3.63, 3.8) is 0 Å². The lowest BCUT2D eigenvalue weighted by Crippen LogP contribution is -2.34. The van der Waals surface area contributed by atoms with Crippen molar-refractivity contribution in [3.8, 4) is 17.5 Å². The molecule has 3 aromatic rings. The first-order valence-electron chi connectivity index (χ1n) is 8.38. The number of anilines is 1. The van der Waals surface area contributed by atoms with Crippen molar-refractivity contribution < 1.29 is 30.9 Å². The van der Waals surface area contributed by atoms with Crippen LogP contribution < -0.4 is 4.90 Å². The number of aromatic nitrogens is 2. The SMILES string of the molecule is N#Cc1ccc(N(Cc2nc(-c3ccccc3)no2)CC(F)(F)F)cc1C(F)(F)F. The predicted molar refractivity (Wildman–Crippen MR) is 93.0 cm³/mol. The predicted octanol–water partition coefficient (Wildman–Crippen LogP) is 5.20. The van der Waals surface area contributed by atoms with Crippen LogP contribution in [0.5, 0.6) is 0 Å². The largest absolute Gasteiger partial charge is 0.417 e. The van der Waals surface area contributed by atoms with Gasteiger partial charge in [0.25, 0.3) is 0 Å². The lowest BCUT2D eigenvalue weighted by atomic mass is 10.1. The van der Waals surface area contributed by atoms with Crippen LogP contribution in [0.4, 0.5) is 32.0 Å². The molecule has 0 atom stereocenters. The van der Waals surface area contributed by atoms with Crippen molar-refractivity contribution >= 4 is 5.69 Å². The lowest BCUT2D eigenvalue weighted by molar-refractivity contribution is -0.137. The van der Waals surface area contributed by atoms with Crippen LogP contribution in [0.25, 0.3) is 11.4 Å². The van der Waals surface area contributed by atoms with Crippen LogP contribution in [0.2, 0.25) is 0 Å². The summed E-state index contributed by atoms with van der Waals surface area (Å²) >= 11 is 0. The fourth-order valence-corrected chi connectivity index (χ4v) is 2.70. The summed E-state index contributed by atoms with van der Waals surface area (Å²) in [5.41, 5.74) is -1.85. The minimum atomic E-state index is -4.91. The summed E-state index contributed by atoms with van der Waals surface area (Å²) < 4.78 is 83.8. The van der Waals surface area contributed by atoms with Gasteiger partial charge in [0.2, 0.25) is 11.7 Å². The average Bonchev–Trinajstić information content (AvgIpc) is 3.14. The van der Waals surface area contributed by atoms with Crippen molar-refractivity contribution in [1.29, 1.82) is 5.26 Å². The summed E-state index contributed by atoms with van der Waals surface area (Å²) in [5.74, 6) is -0.0793. The van der Waals surface area contributed by atoms with Gasteiger partial charge in [-0.3, -0.25) is 0 Å². The highest BCUT2D eigenvalue weighted by atomic mass is 19.4. The molecule has 0 radical (unpaired) electrons. The molecule has 0 unspecified atom stereocenters. The topological polar surface area (TPSA) is 66.0 Å². The molecule has 0 saturated carbocycles. The number of nitrogens with zero attached hydrogens (tertiary/aromatic N) is 4. The Morgan fingerprint density at radius 1 is 1.00 bits per heavy atom. The van der Waals surface area contributed by atoms with E-state index in [9.17, 15) is 26.3 Å². The first-order valence-corrected chi connectivity index (χ1v) is 8.38. The zero-order chi connectivity index (χ0) is 21.9. The summed E-state index contributed by atoms with van der Waals surface area (Å²) in [6.07, 6.45) is -9.62. The Kier molecular flexibility index (Phi) is 5.69.